The van der Waals surface area contributed by atoms with Gasteiger partial charge < -0.3 is 5.11 Å². The van der Waals surface area contributed by atoms with Crippen molar-refractivity contribution in [2.45, 2.75) is 6.92 Å². The monoisotopic (exact) mass is 414 g/mol. The molecule has 0 saturated carbocycles. The Kier molecular flexibility index (Phi) is 4.79. The molecule has 0 aliphatic carbocycles. The average molecular weight is 416 g/mol. The molecule has 1 amide bonds. The smallest absolute Gasteiger partial charge is 0.290 e. The first kappa shape index (κ1) is 15.7. The van der Waals surface area contributed by atoms with Crippen LogP contribution in [0, 0.1) is 6.92 Å². The molecule has 6 nitrogen and oxygen atoms in total. The number of halogens is 2. The first-order valence-electron chi connectivity index (χ1n) is 5.91. The minimum Gasteiger partial charge on any atom is -0.507 e. The summed E-state index contributed by atoms with van der Waals surface area (Å²) >= 11 is 6.62. The molecule has 1 aromatic carbocycles. The van der Waals surface area contributed by atoms with Crippen molar-refractivity contribution in [3.8, 4) is 5.75 Å². The Bertz CT molecular complexity index is 725. The van der Waals surface area contributed by atoms with Crippen LogP contribution in [0.25, 0.3) is 0 Å². The van der Waals surface area contributed by atoms with E-state index in [1.54, 1.807) is 26.1 Å². The lowest BCUT2D eigenvalue weighted by atomic mass is 10.2. The Morgan fingerprint density at radius 2 is 2.19 bits per heavy atom. The highest BCUT2D eigenvalue weighted by molar-refractivity contribution is 9.10. The first-order valence-corrected chi connectivity index (χ1v) is 7.49. The van der Waals surface area contributed by atoms with Crippen LogP contribution in [0.1, 0.15) is 21.7 Å². The number of carbonyl (C=O) groups excluding carboxylic acids is 1. The number of aromatic nitrogens is 2. The summed E-state index contributed by atoms with van der Waals surface area (Å²) in [5.74, 6) is -0.315. The van der Waals surface area contributed by atoms with E-state index >= 15 is 0 Å². The second-order valence-corrected chi connectivity index (χ2v) is 5.98. The minimum atomic E-state index is -0.393. The van der Waals surface area contributed by atoms with Crippen molar-refractivity contribution >= 4 is 44.0 Å². The Hall–Kier alpha value is -1.67. The van der Waals surface area contributed by atoms with Gasteiger partial charge in [0, 0.05) is 17.1 Å². The second-order valence-electron chi connectivity index (χ2n) is 4.27. The third-order valence-electron chi connectivity index (χ3n) is 2.72. The molecule has 0 spiro atoms. The van der Waals surface area contributed by atoms with Crippen LogP contribution in [0.2, 0.25) is 0 Å². The van der Waals surface area contributed by atoms with E-state index in [0.29, 0.717) is 15.7 Å². The minimum absolute atomic E-state index is 0.0776. The highest BCUT2D eigenvalue weighted by atomic mass is 79.9. The fourth-order valence-electron chi connectivity index (χ4n) is 1.72. The summed E-state index contributed by atoms with van der Waals surface area (Å²) in [4.78, 5) is 12.1. The number of carbonyl (C=O) groups is 1. The molecule has 0 fully saturated rings. The summed E-state index contributed by atoms with van der Waals surface area (Å²) in [5, 5.41) is 17.6. The van der Waals surface area contributed by atoms with Crippen molar-refractivity contribution in [2.24, 2.45) is 12.1 Å². The van der Waals surface area contributed by atoms with Gasteiger partial charge >= 0.3 is 0 Å². The molecule has 0 aliphatic heterocycles. The van der Waals surface area contributed by atoms with Crippen LogP contribution in [-0.2, 0) is 7.05 Å². The molecule has 8 heteroatoms. The predicted octanol–water partition coefficient (Wildman–Crippen LogP) is 2.72. The molecule has 2 aromatic rings. The van der Waals surface area contributed by atoms with Gasteiger partial charge in [-0.25, -0.2) is 5.43 Å². The maximum absolute atomic E-state index is 12.1. The summed E-state index contributed by atoms with van der Waals surface area (Å²) in [5.41, 5.74) is 3.99. The molecular formula is C13H12Br2N4O2. The van der Waals surface area contributed by atoms with Gasteiger partial charge in [0.1, 0.15) is 11.4 Å². The van der Waals surface area contributed by atoms with E-state index in [9.17, 15) is 9.90 Å². The number of hydrogen-bond acceptors (Lipinski definition) is 4. The van der Waals surface area contributed by atoms with Crippen LogP contribution in [0.3, 0.4) is 0 Å². The second kappa shape index (κ2) is 6.40. The van der Waals surface area contributed by atoms with Crippen LogP contribution in [0.5, 0.6) is 5.75 Å². The van der Waals surface area contributed by atoms with Gasteiger partial charge in [0.2, 0.25) is 0 Å². The number of aryl methyl sites for hydroxylation is 2. The summed E-state index contributed by atoms with van der Waals surface area (Å²) in [6.07, 6.45) is 1.37. The lowest BCUT2D eigenvalue weighted by Gasteiger charge is -2.02. The number of nitrogens with one attached hydrogen (secondary N) is 1. The van der Waals surface area contributed by atoms with Crippen LogP contribution in [0.4, 0.5) is 0 Å². The number of nitrogens with zero attached hydrogens (tertiary/aromatic N) is 3. The number of phenolic OH excluding ortho intramolecular Hbond substituents is 1. The molecule has 1 heterocycles. The number of rotatable bonds is 3. The zero-order valence-electron chi connectivity index (χ0n) is 11.3. The van der Waals surface area contributed by atoms with E-state index in [2.05, 4.69) is 47.5 Å². The Labute approximate surface area is 138 Å². The van der Waals surface area contributed by atoms with Crippen LogP contribution < -0.4 is 5.43 Å². The highest BCUT2D eigenvalue weighted by Gasteiger charge is 2.17. The topological polar surface area (TPSA) is 79.5 Å². The number of phenols is 1. The lowest BCUT2D eigenvalue weighted by Crippen LogP contribution is -2.21. The summed E-state index contributed by atoms with van der Waals surface area (Å²) in [6, 6.07) is 4.93. The van der Waals surface area contributed by atoms with Crippen molar-refractivity contribution in [3.63, 3.8) is 0 Å². The van der Waals surface area contributed by atoms with E-state index in [4.69, 9.17) is 0 Å². The molecular weight excluding hydrogens is 404 g/mol. The third-order valence-corrected chi connectivity index (χ3v) is 4.17. The molecule has 2 N–H and O–H groups in total. The molecule has 2 rings (SSSR count). The highest BCUT2D eigenvalue weighted by Crippen LogP contribution is 2.21. The van der Waals surface area contributed by atoms with E-state index < -0.39 is 5.91 Å². The zero-order chi connectivity index (χ0) is 15.6. The molecule has 0 bridgehead atoms. The van der Waals surface area contributed by atoms with Crippen LogP contribution in [-0.4, -0.2) is 27.0 Å². The molecule has 0 atom stereocenters. The average Bonchev–Trinajstić information content (AvgIpc) is 2.67. The molecule has 0 unspecified atom stereocenters. The zero-order valence-corrected chi connectivity index (χ0v) is 14.4. The van der Waals surface area contributed by atoms with Gasteiger partial charge in [0.05, 0.1) is 16.4 Å². The number of hydrogen-bond donors (Lipinski definition) is 2. The Balaban J connectivity index is 2.14. The molecule has 110 valence electrons. The normalized spacial score (nSPS) is 11.0. The quantitative estimate of drug-likeness (QED) is 0.597. The third kappa shape index (κ3) is 3.51. The van der Waals surface area contributed by atoms with E-state index in [0.717, 1.165) is 10.2 Å². The largest absolute Gasteiger partial charge is 0.507 e. The Morgan fingerprint density at radius 3 is 2.81 bits per heavy atom. The summed E-state index contributed by atoms with van der Waals surface area (Å²) in [6.45, 7) is 1.80. The van der Waals surface area contributed by atoms with Gasteiger partial charge in [-0.3, -0.25) is 9.48 Å². The van der Waals surface area contributed by atoms with Crippen molar-refractivity contribution in [2.75, 3.05) is 0 Å². The van der Waals surface area contributed by atoms with Gasteiger partial charge in [-0.2, -0.15) is 10.2 Å². The Morgan fingerprint density at radius 1 is 1.48 bits per heavy atom. The molecule has 0 aliphatic rings. The SMILES string of the molecule is Cc1nn(C)c(C(=O)N/N=C/c2cc(Br)ccc2O)c1Br. The number of hydrazone groups is 1. The molecule has 0 saturated heterocycles. The van der Waals surface area contributed by atoms with Crippen molar-refractivity contribution in [1.82, 2.24) is 15.2 Å². The van der Waals surface area contributed by atoms with Gasteiger partial charge in [-0.05, 0) is 41.1 Å². The van der Waals surface area contributed by atoms with Crippen LogP contribution >= 0.6 is 31.9 Å². The van der Waals surface area contributed by atoms with Gasteiger partial charge in [-0.15, -0.1) is 0 Å². The standard InChI is InChI=1S/C13H12Br2N4O2/c1-7-11(15)12(19(2)18-7)13(21)17-16-6-8-5-9(14)3-4-10(8)20/h3-6,20H,1-2H3,(H,17,21)/b16-6+. The van der Waals surface area contributed by atoms with Crippen molar-refractivity contribution in [3.05, 3.63) is 44.1 Å². The lowest BCUT2D eigenvalue weighted by molar-refractivity contribution is 0.0945. The summed E-state index contributed by atoms with van der Waals surface area (Å²) < 4.78 is 2.90. The predicted molar refractivity (Wildman–Crippen MR) is 86.5 cm³/mol. The van der Waals surface area contributed by atoms with Crippen molar-refractivity contribution in [1.29, 1.82) is 0 Å². The first-order chi connectivity index (χ1) is 9.90. The molecule has 1 aromatic heterocycles. The number of benzene rings is 1. The van der Waals surface area contributed by atoms with E-state index in [1.165, 1.54) is 17.0 Å². The molecule has 0 radical (unpaired) electrons. The summed E-state index contributed by atoms with van der Waals surface area (Å²) in [7, 11) is 1.68. The van der Waals surface area contributed by atoms with Crippen molar-refractivity contribution < 1.29 is 9.90 Å². The van der Waals surface area contributed by atoms with Gasteiger partial charge in [0.25, 0.3) is 5.91 Å². The molecule has 21 heavy (non-hydrogen) atoms. The number of aromatic hydroxyl groups is 1. The fraction of sp³-hybridized carbons (Fsp3) is 0.154. The fourth-order valence-corrected chi connectivity index (χ4v) is 2.62. The van der Waals surface area contributed by atoms with Crippen LogP contribution in [0.15, 0.2) is 32.2 Å². The van der Waals surface area contributed by atoms with E-state index in [-0.39, 0.29) is 5.75 Å². The van der Waals surface area contributed by atoms with E-state index in [1.807, 2.05) is 0 Å². The van der Waals surface area contributed by atoms with Gasteiger partial charge in [-0.1, -0.05) is 15.9 Å². The maximum Gasteiger partial charge on any atom is 0.290 e. The number of amides is 1. The van der Waals surface area contributed by atoms with Gasteiger partial charge in [0.15, 0.2) is 0 Å². The maximum atomic E-state index is 12.1.